The first kappa shape index (κ1) is 18.6. The lowest BCUT2D eigenvalue weighted by atomic mass is 10.1. The molecule has 2 aromatic carbocycles. The monoisotopic (exact) mass is 365 g/mol. The van der Waals surface area contributed by atoms with Crippen molar-refractivity contribution in [3.63, 3.8) is 0 Å². The van der Waals surface area contributed by atoms with E-state index in [-0.39, 0.29) is 12.5 Å². The number of tetrazole rings is 1. The molecule has 140 valence electrons. The standard InChI is InChI=1S/C20H23N5O2/c1-12-8-14(3)20(15(4)9-12)27-11-19(26)21-17-7-6-13(2)18(10-17)25-16(5)22-23-24-25/h6-10H,11H2,1-5H3,(H,21,26). The summed E-state index contributed by atoms with van der Waals surface area (Å²) in [4.78, 5) is 12.3. The van der Waals surface area contributed by atoms with E-state index in [9.17, 15) is 4.79 Å². The maximum absolute atomic E-state index is 12.3. The second-order valence-electron chi connectivity index (χ2n) is 6.70. The average molecular weight is 365 g/mol. The van der Waals surface area contributed by atoms with Crippen molar-refractivity contribution in [1.82, 2.24) is 20.2 Å². The van der Waals surface area contributed by atoms with Crippen LogP contribution in [0.4, 0.5) is 5.69 Å². The molecule has 0 atom stereocenters. The van der Waals surface area contributed by atoms with Gasteiger partial charge in [0.25, 0.3) is 5.91 Å². The molecule has 3 rings (SSSR count). The highest BCUT2D eigenvalue weighted by Crippen LogP contribution is 2.24. The minimum atomic E-state index is -0.224. The van der Waals surface area contributed by atoms with Gasteiger partial charge in [-0.15, -0.1) is 5.10 Å². The molecule has 1 N–H and O–H groups in total. The zero-order valence-corrected chi connectivity index (χ0v) is 16.2. The van der Waals surface area contributed by atoms with Crippen LogP contribution in [-0.2, 0) is 4.79 Å². The molecule has 0 saturated carbocycles. The number of rotatable bonds is 5. The summed E-state index contributed by atoms with van der Waals surface area (Å²) in [7, 11) is 0. The average Bonchev–Trinajstić information content (AvgIpc) is 3.01. The van der Waals surface area contributed by atoms with E-state index in [2.05, 4.69) is 20.8 Å². The SMILES string of the molecule is Cc1cc(C)c(OCC(=O)Nc2ccc(C)c(-n3nnnc3C)c2)c(C)c1. The maximum Gasteiger partial charge on any atom is 0.262 e. The Labute approximate surface area is 158 Å². The molecule has 7 nitrogen and oxygen atoms in total. The summed E-state index contributed by atoms with van der Waals surface area (Å²) in [6, 6.07) is 9.70. The molecule has 0 radical (unpaired) electrons. The Morgan fingerprint density at radius 3 is 2.37 bits per heavy atom. The highest BCUT2D eigenvalue weighted by Gasteiger charge is 2.11. The van der Waals surface area contributed by atoms with Crippen LogP contribution in [0.15, 0.2) is 30.3 Å². The van der Waals surface area contributed by atoms with E-state index in [0.29, 0.717) is 11.5 Å². The zero-order valence-electron chi connectivity index (χ0n) is 16.2. The summed E-state index contributed by atoms with van der Waals surface area (Å²) in [5.74, 6) is 1.21. The number of nitrogens with zero attached hydrogens (tertiary/aromatic N) is 4. The van der Waals surface area contributed by atoms with E-state index in [4.69, 9.17) is 4.74 Å². The molecule has 3 aromatic rings. The van der Waals surface area contributed by atoms with Crippen LogP contribution in [-0.4, -0.2) is 32.7 Å². The summed E-state index contributed by atoms with van der Waals surface area (Å²) < 4.78 is 7.39. The summed E-state index contributed by atoms with van der Waals surface area (Å²) in [5.41, 5.74) is 5.70. The number of carbonyl (C=O) groups is 1. The van der Waals surface area contributed by atoms with E-state index < -0.39 is 0 Å². The summed E-state index contributed by atoms with van der Waals surface area (Å²) in [5, 5.41) is 14.4. The summed E-state index contributed by atoms with van der Waals surface area (Å²) in [6.07, 6.45) is 0. The highest BCUT2D eigenvalue weighted by atomic mass is 16.5. The van der Waals surface area contributed by atoms with Gasteiger partial charge in [0.15, 0.2) is 12.4 Å². The normalized spacial score (nSPS) is 10.7. The second-order valence-corrected chi connectivity index (χ2v) is 6.70. The topological polar surface area (TPSA) is 81.9 Å². The van der Waals surface area contributed by atoms with Gasteiger partial charge >= 0.3 is 0 Å². The molecule has 0 aliphatic carbocycles. The van der Waals surface area contributed by atoms with Gasteiger partial charge in [-0.25, -0.2) is 0 Å². The first-order chi connectivity index (χ1) is 12.8. The Bertz CT molecular complexity index is 971. The van der Waals surface area contributed by atoms with Gasteiger partial charge in [0.1, 0.15) is 5.75 Å². The van der Waals surface area contributed by atoms with Crippen LogP contribution < -0.4 is 10.1 Å². The first-order valence-electron chi connectivity index (χ1n) is 8.71. The molecular formula is C20H23N5O2. The van der Waals surface area contributed by atoms with Crippen LogP contribution >= 0.6 is 0 Å². The van der Waals surface area contributed by atoms with Crippen LogP contribution in [0.1, 0.15) is 28.1 Å². The van der Waals surface area contributed by atoms with Crippen molar-refractivity contribution >= 4 is 11.6 Å². The molecule has 0 bridgehead atoms. The predicted octanol–water partition coefficient (Wildman–Crippen LogP) is 3.22. The third-order valence-corrected chi connectivity index (χ3v) is 4.30. The Hall–Kier alpha value is -3.22. The minimum Gasteiger partial charge on any atom is -0.483 e. The molecule has 0 saturated heterocycles. The van der Waals surface area contributed by atoms with Crippen molar-refractivity contribution in [2.75, 3.05) is 11.9 Å². The lowest BCUT2D eigenvalue weighted by molar-refractivity contribution is -0.118. The van der Waals surface area contributed by atoms with Crippen molar-refractivity contribution < 1.29 is 9.53 Å². The van der Waals surface area contributed by atoms with Crippen molar-refractivity contribution in [1.29, 1.82) is 0 Å². The lowest BCUT2D eigenvalue weighted by Crippen LogP contribution is -2.21. The molecule has 7 heteroatoms. The Morgan fingerprint density at radius 1 is 1.04 bits per heavy atom. The number of aromatic nitrogens is 4. The predicted molar refractivity (Wildman–Crippen MR) is 103 cm³/mol. The largest absolute Gasteiger partial charge is 0.483 e. The molecule has 1 heterocycles. The van der Waals surface area contributed by atoms with E-state index in [1.54, 1.807) is 4.68 Å². The van der Waals surface area contributed by atoms with Gasteiger partial charge < -0.3 is 10.1 Å². The van der Waals surface area contributed by atoms with Crippen LogP contribution in [0.2, 0.25) is 0 Å². The maximum atomic E-state index is 12.3. The Balaban J connectivity index is 1.71. The number of benzene rings is 2. The molecule has 0 fully saturated rings. The van der Waals surface area contributed by atoms with Crippen molar-refractivity contribution in [3.8, 4) is 11.4 Å². The molecule has 0 spiro atoms. The number of aryl methyl sites for hydroxylation is 5. The molecule has 0 aliphatic heterocycles. The molecular weight excluding hydrogens is 342 g/mol. The minimum absolute atomic E-state index is 0.0577. The fraction of sp³-hybridized carbons (Fsp3) is 0.300. The van der Waals surface area contributed by atoms with Crippen molar-refractivity contribution in [3.05, 3.63) is 58.4 Å². The first-order valence-corrected chi connectivity index (χ1v) is 8.71. The van der Waals surface area contributed by atoms with E-state index >= 15 is 0 Å². The zero-order chi connectivity index (χ0) is 19.6. The molecule has 0 unspecified atom stereocenters. The number of nitrogens with one attached hydrogen (secondary N) is 1. The van der Waals surface area contributed by atoms with Gasteiger partial charge in [-0.2, -0.15) is 4.68 Å². The lowest BCUT2D eigenvalue weighted by Gasteiger charge is -2.14. The number of anilines is 1. The summed E-state index contributed by atoms with van der Waals surface area (Å²) in [6.45, 7) is 9.73. The van der Waals surface area contributed by atoms with Gasteiger partial charge in [0.2, 0.25) is 0 Å². The van der Waals surface area contributed by atoms with Crippen LogP contribution in [0.25, 0.3) is 5.69 Å². The van der Waals surface area contributed by atoms with Gasteiger partial charge in [-0.05, 0) is 73.9 Å². The fourth-order valence-electron chi connectivity index (χ4n) is 3.10. The van der Waals surface area contributed by atoms with Gasteiger partial charge in [-0.3, -0.25) is 4.79 Å². The van der Waals surface area contributed by atoms with Gasteiger partial charge in [-0.1, -0.05) is 23.8 Å². The number of amides is 1. The van der Waals surface area contributed by atoms with E-state index in [1.165, 1.54) is 5.56 Å². The number of ether oxygens (including phenoxy) is 1. The van der Waals surface area contributed by atoms with Crippen LogP contribution in [0.5, 0.6) is 5.75 Å². The fourth-order valence-corrected chi connectivity index (χ4v) is 3.10. The third kappa shape index (κ3) is 4.13. The second kappa shape index (κ2) is 7.57. The number of carbonyl (C=O) groups excluding carboxylic acids is 1. The number of hydrogen-bond acceptors (Lipinski definition) is 5. The van der Waals surface area contributed by atoms with Crippen LogP contribution in [0, 0.1) is 34.6 Å². The van der Waals surface area contributed by atoms with E-state index in [1.807, 2.05) is 65.0 Å². The van der Waals surface area contributed by atoms with Gasteiger partial charge in [0, 0.05) is 5.69 Å². The van der Waals surface area contributed by atoms with Crippen molar-refractivity contribution in [2.24, 2.45) is 0 Å². The smallest absolute Gasteiger partial charge is 0.262 e. The molecule has 1 aromatic heterocycles. The van der Waals surface area contributed by atoms with Gasteiger partial charge in [0.05, 0.1) is 5.69 Å². The Kier molecular flexibility index (Phi) is 5.21. The van der Waals surface area contributed by atoms with E-state index in [0.717, 1.165) is 28.1 Å². The molecule has 1 amide bonds. The highest BCUT2D eigenvalue weighted by molar-refractivity contribution is 5.92. The van der Waals surface area contributed by atoms with Crippen LogP contribution in [0.3, 0.4) is 0 Å². The summed E-state index contributed by atoms with van der Waals surface area (Å²) >= 11 is 0. The Morgan fingerprint density at radius 2 is 1.74 bits per heavy atom. The third-order valence-electron chi connectivity index (χ3n) is 4.30. The molecule has 0 aliphatic rings. The number of hydrogen-bond donors (Lipinski definition) is 1. The van der Waals surface area contributed by atoms with Crippen molar-refractivity contribution in [2.45, 2.75) is 34.6 Å². The molecule has 27 heavy (non-hydrogen) atoms. The quantitative estimate of drug-likeness (QED) is 0.751.